The van der Waals surface area contributed by atoms with Crippen molar-refractivity contribution in [2.45, 2.75) is 32.2 Å². The van der Waals surface area contributed by atoms with E-state index in [1.165, 1.54) is 12.8 Å². The number of halogens is 1. The van der Waals surface area contributed by atoms with Crippen molar-refractivity contribution in [2.24, 2.45) is 5.92 Å². The van der Waals surface area contributed by atoms with E-state index in [-0.39, 0.29) is 5.92 Å². The highest BCUT2D eigenvalue weighted by Crippen LogP contribution is 2.27. The molecule has 1 aliphatic carbocycles. The molecule has 0 unspecified atom stereocenters. The highest BCUT2D eigenvalue weighted by atomic mass is 35.5. The fourth-order valence-corrected chi connectivity index (χ4v) is 3.91. The number of rotatable bonds is 4. The molecule has 0 bridgehead atoms. The predicted molar refractivity (Wildman–Crippen MR) is 98.6 cm³/mol. The monoisotopic (exact) mass is 374 g/mol. The number of benzene rings is 1. The molecule has 138 valence electrons. The van der Waals surface area contributed by atoms with E-state index in [4.69, 9.17) is 16.1 Å². The minimum Gasteiger partial charge on any atom is -0.340 e. The smallest absolute Gasteiger partial charge is 0.241 e. The third kappa shape index (κ3) is 3.91. The van der Waals surface area contributed by atoms with Crippen LogP contribution in [0.1, 0.15) is 31.6 Å². The van der Waals surface area contributed by atoms with Crippen LogP contribution < -0.4 is 0 Å². The van der Waals surface area contributed by atoms with Crippen LogP contribution in [0.25, 0.3) is 11.4 Å². The molecule has 4 rings (SSSR count). The molecule has 2 aromatic rings. The highest BCUT2D eigenvalue weighted by molar-refractivity contribution is 6.30. The largest absolute Gasteiger partial charge is 0.340 e. The zero-order valence-corrected chi connectivity index (χ0v) is 15.5. The lowest BCUT2D eigenvalue weighted by molar-refractivity contribution is -0.137. The summed E-state index contributed by atoms with van der Waals surface area (Å²) in [5, 5.41) is 4.74. The minimum absolute atomic E-state index is 0.263. The molecule has 1 saturated heterocycles. The first-order valence-electron chi connectivity index (χ1n) is 9.29. The minimum atomic E-state index is 0.263. The molecule has 1 aliphatic heterocycles. The lowest BCUT2D eigenvalue weighted by atomic mass is 10.1. The number of hydrogen-bond acceptors (Lipinski definition) is 5. The summed E-state index contributed by atoms with van der Waals surface area (Å²) in [7, 11) is 0. The number of amides is 1. The van der Waals surface area contributed by atoms with Crippen LogP contribution in [0.3, 0.4) is 0 Å². The molecule has 7 heteroatoms. The maximum absolute atomic E-state index is 12.5. The Hall–Kier alpha value is -1.92. The Kier molecular flexibility index (Phi) is 5.22. The Morgan fingerprint density at radius 3 is 2.50 bits per heavy atom. The first kappa shape index (κ1) is 17.5. The molecule has 1 aromatic heterocycles. The average molecular weight is 375 g/mol. The molecule has 2 aliphatic rings. The van der Waals surface area contributed by atoms with Crippen LogP contribution in [0, 0.1) is 5.92 Å². The first-order valence-corrected chi connectivity index (χ1v) is 9.66. The lowest BCUT2D eigenvalue weighted by Gasteiger charge is -2.35. The van der Waals surface area contributed by atoms with Gasteiger partial charge in [-0.25, -0.2) is 0 Å². The van der Waals surface area contributed by atoms with Gasteiger partial charge in [-0.05, 0) is 37.1 Å². The van der Waals surface area contributed by atoms with Gasteiger partial charge in [-0.2, -0.15) is 4.98 Å². The standard InChI is InChI=1S/C19H23ClN4O2/c20-16-7-5-14(6-8-16)18-21-17(26-22-18)13-23-9-11-24(12-10-23)19(25)15-3-1-2-4-15/h5-8,15H,1-4,9-13H2. The second-order valence-electron chi connectivity index (χ2n) is 7.10. The Bertz CT molecular complexity index is 747. The van der Waals surface area contributed by atoms with Crippen molar-refractivity contribution in [2.75, 3.05) is 26.2 Å². The van der Waals surface area contributed by atoms with Gasteiger partial charge in [-0.3, -0.25) is 9.69 Å². The molecular formula is C19H23ClN4O2. The zero-order valence-electron chi connectivity index (χ0n) is 14.7. The summed E-state index contributed by atoms with van der Waals surface area (Å²) in [6.45, 7) is 3.88. The van der Waals surface area contributed by atoms with Crippen LogP contribution in [-0.4, -0.2) is 52.0 Å². The van der Waals surface area contributed by atoms with Crippen LogP contribution >= 0.6 is 11.6 Å². The van der Waals surface area contributed by atoms with Crippen LogP contribution in [0.4, 0.5) is 0 Å². The normalized spacial score (nSPS) is 19.2. The van der Waals surface area contributed by atoms with Crippen LogP contribution in [-0.2, 0) is 11.3 Å². The number of nitrogens with zero attached hydrogens (tertiary/aromatic N) is 4. The van der Waals surface area contributed by atoms with E-state index < -0.39 is 0 Å². The topological polar surface area (TPSA) is 62.5 Å². The van der Waals surface area contributed by atoms with Crippen molar-refractivity contribution in [1.82, 2.24) is 19.9 Å². The van der Waals surface area contributed by atoms with Gasteiger partial charge in [-0.1, -0.05) is 29.6 Å². The maximum Gasteiger partial charge on any atom is 0.241 e. The van der Waals surface area contributed by atoms with E-state index >= 15 is 0 Å². The van der Waals surface area contributed by atoms with Crippen molar-refractivity contribution in [3.63, 3.8) is 0 Å². The predicted octanol–water partition coefficient (Wildman–Crippen LogP) is 3.22. The van der Waals surface area contributed by atoms with Crippen molar-refractivity contribution in [3.8, 4) is 11.4 Å². The fourth-order valence-electron chi connectivity index (χ4n) is 3.78. The van der Waals surface area contributed by atoms with Gasteiger partial charge in [0, 0.05) is 42.7 Å². The van der Waals surface area contributed by atoms with E-state index in [0.29, 0.717) is 29.2 Å². The third-order valence-electron chi connectivity index (χ3n) is 5.32. The summed E-state index contributed by atoms with van der Waals surface area (Å²) >= 11 is 5.91. The van der Waals surface area contributed by atoms with E-state index in [9.17, 15) is 4.79 Å². The van der Waals surface area contributed by atoms with E-state index in [1.807, 2.05) is 29.2 Å². The molecule has 1 aromatic carbocycles. The Morgan fingerprint density at radius 2 is 1.81 bits per heavy atom. The molecule has 0 N–H and O–H groups in total. The van der Waals surface area contributed by atoms with E-state index in [1.54, 1.807) is 0 Å². The first-order chi connectivity index (χ1) is 12.7. The number of hydrogen-bond donors (Lipinski definition) is 0. The van der Waals surface area contributed by atoms with Gasteiger partial charge < -0.3 is 9.42 Å². The number of carbonyl (C=O) groups excluding carboxylic acids is 1. The van der Waals surface area contributed by atoms with Crippen LogP contribution in [0.5, 0.6) is 0 Å². The molecule has 26 heavy (non-hydrogen) atoms. The van der Waals surface area contributed by atoms with Gasteiger partial charge in [0.15, 0.2) is 0 Å². The number of aromatic nitrogens is 2. The molecule has 0 radical (unpaired) electrons. The van der Waals surface area contributed by atoms with E-state index in [2.05, 4.69) is 15.0 Å². The van der Waals surface area contributed by atoms with Crippen LogP contribution in [0.2, 0.25) is 5.02 Å². The summed E-state index contributed by atoms with van der Waals surface area (Å²) < 4.78 is 5.39. The lowest BCUT2D eigenvalue weighted by Crippen LogP contribution is -2.49. The Labute approximate surface area is 158 Å². The Balaban J connectivity index is 1.30. The highest BCUT2D eigenvalue weighted by Gasteiger charge is 2.29. The second kappa shape index (κ2) is 7.76. The van der Waals surface area contributed by atoms with Gasteiger partial charge in [0.1, 0.15) is 0 Å². The van der Waals surface area contributed by atoms with Gasteiger partial charge in [0.2, 0.25) is 17.6 Å². The molecule has 2 fully saturated rings. The quantitative estimate of drug-likeness (QED) is 0.822. The summed E-state index contributed by atoms with van der Waals surface area (Å²) in [6.07, 6.45) is 4.52. The third-order valence-corrected chi connectivity index (χ3v) is 5.57. The van der Waals surface area contributed by atoms with Crippen molar-refractivity contribution >= 4 is 17.5 Å². The van der Waals surface area contributed by atoms with Crippen molar-refractivity contribution < 1.29 is 9.32 Å². The average Bonchev–Trinajstić information content (AvgIpc) is 3.35. The Morgan fingerprint density at radius 1 is 1.12 bits per heavy atom. The van der Waals surface area contributed by atoms with Crippen molar-refractivity contribution in [1.29, 1.82) is 0 Å². The molecule has 1 amide bonds. The molecular weight excluding hydrogens is 352 g/mol. The van der Waals surface area contributed by atoms with Gasteiger partial charge in [0.05, 0.1) is 6.54 Å². The van der Waals surface area contributed by atoms with Gasteiger partial charge >= 0.3 is 0 Å². The molecule has 1 saturated carbocycles. The summed E-state index contributed by atoms with van der Waals surface area (Å²) in [5.41, 5.74) is 0.886. The SMILES string of the molecule is O=C(C1CCCC1)N1CCN(Cc2nc(-c3ccc(Cl)cc3)no2)CC1. The zero-order chi connectivity index (χ0) is 17.9. The maximum atomic E-state index is 12.5. The van der Waals surface area contributed by atoms with E-state index in [0.717, 1.165) is 44.6 Å². The molecule has 0 spiro atoms. The second-order valence-corrected chi connectivity index (χ2v) is 7.54. The summed E-state index contributed by atoms with van der Waals surface area (Å²) in [6, 6.07) is 7.38. The van der Waals surface area contributed by atoms with Crippen LogP contribution in [0.15, 0.2) is 28.8 Å². The van der Waals surface area contributed by atoms with Crippen molar-refractivity contribution in [3.05, 3.63) is 35.2 Å². The molecule has 2 heterocycles. The van der Waals surface area contributed by atoms with Gasteiger partial charge in [-0.15, -0.1) is 0 Å². The molecule has 0 atom stereocenters. The number of piperazine rings is 1. The number of carbonyl (C=O) groups is 1. The van der Waals surface area contributed by atoms with Gasteiger partial charge in [0.25, 0.3) is 0 Å². The molecule has 6 nitrogen and oxygen atoms in total. The summed E-state index contributed by atoms with van der Waals surface area (Å²) in [4.78, 5) is 21.3. The summed E-state index contributed by atoms with van der Waals surface area (Å²) in [5.74, 6) is 1.79. The fraction of sp³-hybridized carbons (Fsp3) is 0.526.